The molecule has 11 nitrogen and oxygen atoms in total. The van der Waals surface area contributed by atoms with Crippen molar-refractivity contribution >= 4 is 12.6 Å². The van der Waals surface area contributed by atoms with Gasteiger partial charge in [-0.2, -0.15) is 12.6 Å². The predicted molar refractivity (Wildman–Crippen MR) is 122 cm³/mol. The molecule has 192 valence electrons. The summed E-state index contributed by atoms with van der Waals surface area (Å²) in [6.07, 6.45) is -11.2. The summed E-state index contributed by atoms with van der Waals surface area (Å²) in [4.78, 5) is 1.59. The Kier molecular flexibility index (Phi) is 14.4. The number of ether oxygens (including phenoxy) is 1. The third-order valence-electron chi connectivity index (χ3n) is 5.24. The van der Waals surface area contributed by atoms with Crippen molar-refractivity contribution in [2.24, 2.45) is 0 Å². The summed E-state index contributed by atoms with van der Waals surface area (Å²) in [6, 6.07) is 7.29. The molecule has 0 amide bonds. The van der Waals surface area contributed by atoms with Crippen molar-refractivity contribution < 1.29 is 50.7 Å². The van der Waals surface area contributed by atoms with Crippen LogP contribution in [0.4, 0.5) is 0 Å². The van der Waals surface area contributed by atoms with Crippen LogP contribution in [-0.4, -0.2) is 133 Å². The van der Waals surface area contributed by atoms with E-state index in [9.17, 15) is 35.7 Å². The van der Waals surface area contributed by atoms with Crippen LogP contribution in [0.15, 0.2) is 24.3 Å². The highest BCUT2D eigenvalue weighted by Gasteiger charge is 2.31. The Morgan fingerprint density at radius 3 is 2.00 bits per heavy atom. The third kappa shape index (κ3) is 10.4. The summed E-state index contributed by atoms with van der Waals surface area (Å²) in [7, 11) is 0. The number of nitrogens with zero attached hydrogens (tertiary/aromatic N) is 1. The average Bonchev–Trinajstić information content (AvgIpc) is 2.84. The number of benzene rings is 1. The SMILES string of the molecule is OC[C@@H](O)[C@@H](O)[C@H](O)CCN(CCOc1cccc(CS)c1)C[C@@H](O)[C@@H](O)[C@H](O)[C@H](O)CO. The monoisotopic (exact) mass is 495 g/mol. The van der Waals surface area contributed by atoms with E-state index in [0.29, 0.717) is 11.5 Å². The van der Waals surface area contributed by atoms with Crippen molar-refractivity contribution in [3.8, 4) is 5.75 Å². The van der Waals surface area contributed by atoms with Crippen LogP contribution in [0.1, 0.15) is 12.0 Å². The van der Waals surface area contributed by atoms with Crippen LogP contribution in [0.2, 0.25) is 0 Å². The van der Waals surface area contributed by atoms with Crippen LogP contribution in [0.25, 0.3) is 0 Å². The molecule has 33 heavy (non-hydrogen) atoms. The van der Waals surface area contributed by atoms with Crippen molar-refractivity contribution in [2.45, 2.75) is 54.9 Å². The number of hydrogen-bond acceptors (Lipinski definition) is 12. The minimum absolute atomic E-state index is 0.0437. The van der Waals surface area contributed by atoms with Crippen molar-refractivity contribution in [3.05, 3.63) is 29.8 Å². The Hall–Kier alpha value is -1.03. The van der Waals surface area contributed by atoms with Gasteiger partial charge in [0.05, 0.1) is 25.4 Å². The lowest BCUT2D eigenvalue weighted by Gasteiger charge is -2.31. The fourth-order valence-electron chi connectivity index (χ4n) is 3.11. The highest BCUT2D eigenvalue weighted by Crippen LogP contribution is 2.15. The van der Waals surface area contributed by atoms with Crippen LogP contribution >= 0.6 is 12.6 Å². The number of rotatable bonds is 17. The van der Waals surface area contributed by atoms with E-state index in [0.717, 1.165) is 5.56 Å². The zero-order valence-corrected chi connectivity index (χ0v) is 19.2. The first-order valence-electron chi connectivity index (χ1n) is 10.7. The Morgan fingerprint density at radius 2 is 1.39 bits per heavy atom. The second-order valence-corrected chi connectivity index (χ2v) is 8.17. The Morgan fingerprint density at radius 1 is 0.788 bits per heavy atom. The van der Waals surface area contributed by atoms with Crippen molar-refractivity contribution in [3.63, 3.8) is 0 Å². The van der Waals surface area contributed by atoms with Gasteiger partial charge in [-0.1, -0.05) is 12.1 Å². The molecule has 0 aliphatic carbocycles. The summed E-state index contributed by atoms with van der Waals surface area (Å²) >= 11 is 4.21. The first-order chi connectivity index (χ1) is 15.6. The summed E-state index contributed by atoms with van der Waals surface area (Å²) in [5.74, 6) is 1.14. The van der Waals surface area contributed by atoms with Gasteiger partial charge in [0.1, 0.15) is 42.9 Å². The molecular weight excluding hydrogens is 458 g/mol. The van der Waals surface area contributed by atoms with Gasteiger partial charge in [-0.05, 0) is 24.1 Å². The standard InChI is InChI=1S/C21H37NO10S/c23-10-17(27)19(29)15(25)4-5-22(9-16(26)20(30)21(31)18(28)11-24)6-7-32-14-3-1-2-13(8-14)12-33/h1-3,8,15-21,23-31,33H,4-7,9-12H2/t15-,16-,17-,18-,19+,20-,21-/m1/s1. The van der Waals surface area contributed by atoms with Crippen LogP contribution in [0, 0.1) is 0 Å². The molecule has 0 aliphatic rings. The van der Waals surface area contributed by atoms with Gasteiger partial charge in [0.15, 0.2) is 0 Å². The van der Waals surface area contributed by atoms with Crippen molar-refractivity contribution in [1.82, 2.24) is 4.90 Å². The molecule has 0 aromatic heterocycles. The Balaban J connectivity index is 2.75. The van der Waals surface area contributed by atoms with E-state index in [2.05, 4.69) is 12.6 Å². The zero-order chi connectivity index (χ0) is 25.0. The molecule has 0 heterocycles. The minimum Gasteiger partial charge on any atom is -0.492 e. The van der Waals surface area contributed by atoms with E-state index >= 15 is 0 Å². The predicted octanol–water partition coefficient (Wildman–Crippen LogP) is -3.30. The maximum Gasteiger partial charge on any atom is 0.119 e. The lowest BCUT2D eigenvalue weighted by Crippen LogP contribution is -2.50. The minimum atomic E-state index is -1.78. The van der Waals surface area contributed by atoms with Gasteiger partial charge in [-0.25, -0.2) is 0 Å². The van der Waals surface area contributed by atoms with Crippen LogP contribution in [0.5, 0.6) is 5.75 Å². The van der Waals surface area contributed by atoms with E-state index in [1.165, 1.54) is 0 Å². The van der Waals surface area contributed by atoms with Crippen LogP contribution < -0.4 is 4.74 Å². The number of thiol groups is 1. The molecule has 0 saturated heterocycles. The molecule has 0 spiro atoms. The molecule has 1 aromatic rings. The Bertz CT molecular complexity index is 657. The first kappa shape index (κ1) is 30.0. The quantitative estimate of drug-likeness (QED) is 0.0973. The second kappa shape index (κ2) is 15.8. The maximum atomic E-state index is 10.3. The van der Waals surface area contributed by atoms with Gasteiger partial charge in [0, 0.05) is 25.4 Å². The van der Waals surface area contributed by atoms with Crippen molar-refractivity contribution in [2.75, 3.05) is 39.5 Å². The molecular formula is C21H37NO10S. The highest BCUT2D eigenvalue weighted by molar-refractivity contribution is 7.79. The molecule has 0 saturated carbocycles. The normalized spacial score (nSPS) is 18.4. The average molecular weight is 496 g/mol. The molecule has 0 radical (unpaired) electrons. The van der Waals surface area contributed by atoms with Crippen LogP contribution in [-0.2, 0) is 5.75 Å². The summed E-state index contributed by atoms with van der Waals surface area (Å²) < 4.78 is 5.71. The second-order valence-electron chi connectivity index (χ2n) is 7.85. The van der Waals surface area contributed by atoms with Crippen molar-refractivity contribution in [1.29, 1.82) is 0 Å². The summed E-state index contributed by atoms with van der Waals surface area (Å²) in [5, 5.41) is 86.9. The number of aliphatic hydroxyl groups is 9. The molecule has 7 atom stereocenters. The van der Waals surface area contributed by atoms with E-state index in [1.807, 2.05) is 18.2 Å². The first-order valence-corrected chi connectivity index (χ1v) is 11.3. The molecule has 0 bridgehead atoms. The molecule has 0 unspecified atom stereocenters. The lowest BCUT2D eigenvalue weighted by atomic mass is 10.0. The molecule has 0 aliphatic heterocycles. The van der Waals surface area contributed by atoms with E-state index in [1.54, 1.807) is 11.0 Å². The number of aliphatic hydroxyl groups excluding tert-OH is 9. The van der Waals surface area contributed by atoms with Crippen LogP contribution in [0.3, 0.4) is 0 Å². The van der Waals surface area contributed by atoms with Gasteiger partial charge < -0.3 is 50.7 Å². The summed E-state index contributed by atoms with van der Waals surface area (Å²) in [5.41, 5.74) is 0.960. The number of hydrogen-bond donors (Lipinski definition) is 10. The fourth-order valence-corrected chi connectivity index (χ4v) is 3.30. The van der Waals surface area contributed by atoms with Gasteiger partial charge in [-0.3, -0.25) is 4.90 Å². The molecule has 12 heteroatoms. The third-order valence-corrected chi connectivity index (χ3v) is 5.61. The molecule has 1 aromatic carbocycles. The van der Waals surface area contributed by atoms with E-state index < -0.39 is 55.9 Å². The van der Waals surface area contributed by atoms with Gasteiger partial charge >= 0.3 is 0 Å². The smallest absolute Gasteiger partial charge is 0.119 e. The lowest BCUT2D eigenvalue weighted by molar-refractivity contribution is -0.120. The zero-order valence-electron chi connectivity index (χ0n) is 18.3. The highest BCUT2D eigenvalue weighted by atomic mass is 32.1. The van der Waals surface area contributed by atoms with E-state index in [-0.39, 0.29) is 32.7 Å². The van der Waals surface area contributed by atoms with Gasteiger partial charge in [0.25, 0.3) is 0 Å². The Labute approximate surface area is 198 Å². The molecule has 0 fully saturated rings. The summed E-state index contributed by atoms with van der Waals surface area (Å²) in [6.45, 7) is -1.24. The molecule has 9 N–H and O–H groups in total. The molecule has 1 rings (SSSR count). The van der Waals surface area contributed by atoms with Gasteiger partial charge in [-0.15, -0.1) is 0 Å². The fraction of sp³-hybridized carbons (Fsp3) is 0.714. The van der Waals surface area contributed by atoms with Gasteiger partial charge in [0.2, 0.25) is 0 Å². The van der Waals surface area contributed by atoms with E-state index in [4.69, 9.17) is 14.9 Å². The maximum absolute atomic E-state index is 10.3. The largest absolute Gasteiger partial charge is 0.492 e. The topological polar surface area (TPSA) is 195 Å².